The first-order valence-electron chi connectivity index (χ1n) is 6.99. The predicted molar refractivity (Wildman–Crippen MR) is 93.7 cm³/mol. The molecule has 0 atom stereocenters. The van der Waals surface area contributed by atoms with Crippen LogP contribution in [0.1, 0.15) is 16.0 Å². The average Bonchev–Trinajstić information content (AvgIpc) is 3.06. The number of rotatable bonds is 4. The van der Waals surface area contributed by atoms with Gasteiger partial charge in [0.15, 0.2) is 0 Å². The maximum Gasteiger partial charge on any atom is 0.293 e. The van der Waals surface area contributed by atoms with Gasteiger partial charge in [0, 0.05) is 16.5 Å². The molecule has 0 spiro atoms. The summed E-state index contributed by atoms with van der Waals surface area (Å²) < 4.78 is 0. The van der Waals surface area contributed by atoms with Gasteiger partial charge in [0.2, 0.25) is 0 Å². The highest BCUT2D eigenvalue weighted by molar-refractivity contribution is 8.18. The first-order valence-corrected chi connectivity index (χ1v) is 8.68. The number of para-hydroxylation sites is 1. The van der Waals surface area contributed by atoms with Crippen molar-refractivity contribution in [3.63, 3.8) is 0 Å². The molecule has 0 N–H and O–H groups in total. The topological polar surface area (TPSA) is 80.5 Å². The maximum atomic E-state index is 12.5. The second kappa shape index (κ2) is 6.58. The van der Waals surface area contributed by atoms with Crippen molar-refractivity contribution in [2.45, 2.75) is 13.5 Å². The Hall–Kier alpha value is -2.45. The van der Waals surface area contributed by atoms with Gasteiger partial charge < -0.3 is 0 Å². The zero-order chi connectivity index (χ0) is 17.3. The molecule has 1 fully saturated rings. The van der Waals surface area contributed by atoms with Gasteiger partial charge in [0.05, 0.1) is 16.4 Å². The molecule has 0 bridgehead atoms. The third kappa shape index (κ3) is 3.10. The van der Waals surface area contributed by atoms with E-state index in [2.05, 4.69) is 0 Å². The summed E-state index contributed by atoms with van der Waals surface area (Å²) in [7, 11) is 0. The van der Waals surface area contributed by atoms with Crippen molar-refractivity contribution in [2.24, 2.45) is 0 Å². The Morgan fingerprint density at radius 2 is 2.00 bits per heavy atom. The van der Waals surface area contributed by atoms with Crippen molar-refractivity contribution in [1.29, 1.82) is 0 Å². The predicted octanol–water partition coefficient (Wildman–Crippen LogP) is 4.20. The average molecular weight is 360 g/mol. The number of carbonyl (C=O) groups excluding carboxylic acids is 2. The summed E-state index contributed by atoms with van der Waals surface area (Å²) in [6.45, 7) is 1.82. The lowest BCUT2D eigenvalue weighted by atomic mass is 10.1. The van der Waals surface area contributed by atoms with E-state index in [1.165, 1.54) is 17.4 Å². The van der Waals surface area contributed by atoms with Crippen LogP contribution < -0.4 is 0 Å². The minimum atomic E-state index is -0.515. The summed E-state index contributed by atoms with van der Waals surface area (Å²) in [5, 5.41) is 12.6. The Balaban J connectivity index is 1.87. The lowest BCUT2D eigenvalue weighted by Crippen LogP contribution is -2.27. The van der Waals surface area contributed by atoms with Gasteiger partial charge in [-0.25, -0.2) is 0 Å². The van der Waals surface area contributed by atoms with Gasteiger partial charge in [-0.15, -0.1) is 11.3 Å². The van der Waals surface area contributed by atoms with E-state index in [1.54, 1.807) is 24.3 Å². The minimum absolute atomic E-state index is 0.102. The maximum absolute atomic E-state index is 12.5. The summed E-state index contributed by atoms with van der Waals surface area (Å²) in [6.07, 6.45) is 1.70. The molecule has 24 heavy (non-hydrogen) atoms. The number of amides is 2. The molecule has 1 aliphatic heterocycles. The van der Waals surface area contributed by atoms with E-state index in [9.17, 15) is 19.7 Å². The van der Waals surface area contributed by atoms with Gasteiger partial charge in [-0.1, -0.05) is 18.2 Å². The number of imide groups is 1. The summed E-state index contributed by atoms with van der Waals surface area (Å²) in [5.74, 6) is -0.420. The smallest absolute Gasteiger partial charge is 0.268 e. The molecule has 2 amide bonds. The first-order chi connectivity index (χ1) is 11.5. The van der Waals surface area contributed by atoms with E-state index in [0.29, 0.717) is 10.5 Å². The SMILES string of the molecule is Cc1ccsc1/C=C1/SC(=O)N(Cc2ccccc2[N+](=O)[O-])C1=O. The molecule has 1 aliphatic rings. The van der Waals surface area contributed by atoms with Gasteiger partial charge in [-0.05, 0) is 41.8 Å². The Labute approximate surface area is 145 Å². The van der Waals surface area contributed by atoms with Gasteiger partial charge in [-0.2, -0.15) is 0 Å². The van der Waals surface area contributed by atoms with Crippen LogP contribution in [0.3, 0.4) is 0 Å². The second-order valence-corrected chi connectivity index (χ2v) is 7.06. The first kappa shape index (κ1) is 16.4. The molecule has 6 nitrogen and oxygen atoms in total. The van der Waals surface area contributed by atoms with Gasteiger partial charge in [-0.3, -0.25) is 24.6 Å². The number of nitrogens with zero attached hydrogens (tertiary/aromatic N) is 2. The quantitative estimate of drug-likeness (QED) is 0.464. The molecular formula is C16H12N2O4S2. The standard InChI is InChI=1S/C16H12N2O4S2/c1-10-6-7-23-13(10)8-14-15(19)17(16(20)24-14)9-11-4-2-3-5-12(11)18(21)22/h2-8H,9H2,1H3/b14-8+. The van der Waals surface area contributed by atoms with Crippen LogP contribution in [-0.4, -0.2) is 21.0 Å². The second-order valence-electron chi connectivity index (χ2n) is 5.12. The lowest BCUT2D eigenvalue weighted by molar-refractivity contribution is -0.385. The molecule has 2 aromatic rings. The highest BCUT2D eigenvalue weighted by Gasteiger charge is 2.36. The van der Waals surface area contributed by atoms with Crippen molar-refractivity contribution in [1.82, 2.24) is 4.90 Å². The Bertz CT molecular complexity index is 872. The van der Waals surface area contributed by atoms with Crippen LogP contribution in [0.4, 0.5) is 10.5 Å². The summed E-state index contributed by atoms with van der Waals surface area (Å²) in [5.41, 5.74) is 1.26. The van der Waals surface area contributed by atoms with E-state index < -0.39 is 16.1 Å². The molecule has 2 heterocycles. The van der Waals surface area contributed by atoms with Crippen LogP contribution in [0.5, 0.6) is 0 Å². The van der Waals surface area contributed by atoms with Crippen molar-refractivity contribution >= 4 is 46.0 Å². The molecule has 1 aromatic carbocycles. The highest BCUT2D eigenvalue weighted by atomic mass is 32.2. The zero-order valence-electron chi connectivity index (χ0n) is 12.6. The molecule has 1 saturated heterocycles. The van der Waals surface area contributed by atoms with E-state index >= 15 is 0 Å². The Morgan fingerprint density at radius 1 is 1.25 bits per heavy atom. The van der Waals surface area contributed by atoms with E-state index in [4.69, 9.17) is 0 Å². The van der Waals surface area contributed by atoms with E-state index in [-0.39, 0.29) is 12.2 Å². The zero-order valence-corrected chi connectivity index (χ0v) is 14.2. The van der Waals surface area contributed by atoms with Crippen LogP contribution in [0.25, 0.3) is 6.08 Å². The fraction of sp³-hybridized carbons (Fsp3) is 0.125. The largest absolute Gasteiger partial charge is 0.293 e. The summed E-state index contributed by atoms with van der Waals surface area (Å²) in [4.78, 5) is 37.5. The van der Waals surface area contributed by atoms with Crippen LogP contribution in [0.15, 0.2) is 40.6 Å². The molecule has 0 saturated carbocycles. The van der Waals surface area contributed by atoms with Gasteiger partial charge in [0.25, 0.3) is 16.8 Å². The fourth-order valence-corrected chi connectivity index (χ4v) is 4.03. The lowest BCUT2D eigenvalue weighted by Gasteiger charge is -2.12. The van der Waals surface area contributed by atoms with Crippen molar-refractivity contribution in [3.8, 4) is 0 Å². The Kier molecular flexibility index (Phi) is 4.50. The van der Waals surface area contributed by atoms with Crippen molar-refractivity contribution in [2.75, 3.05) is 0 Å². The number of nitro benzene ring substituents is 1. The summed E-state index contributed by atoms with van der Waals surface area (Å²) in [6, 6.07) is 8.04. The molecule has 0 radical (unpaired) electrons. The molecule has 0 aliphatic carbocycles. The monoisotopic (exact) mass is 360 g/mol. The number of benzene rings is 1. The minimum Gasteiger partial charge on any atom is -0.268 e. The van der Waals surface area contributed by atoms with Crippen LogP contribution in [0.2, 0.25) is 0 Å². The highest BCUT2D eigenvalue weighted by Crippen LogP contribution is 2.35. The van der Waals surface area contributed by atoms with E-state index in [0.717, 1.165) is 27.1 Å². The number of hydrogen-bond acceptors (Lipinski definition) is 6. The number of thioether (sulfide) groups is 1. The molecule has 3 rings (SSSR count). The molecule has 1 aromatic heterocycles. The molecule has 122 valence electrons. The van der Waals surface area contributed by atoms with Gasteiger partial charge in [0.1, 0.15) is 0 Å². The molecular weight excluding hydrogens is 348 g/mol. The summed E-state index contributed by atoms with van der Waals surface area (Å²) >= 11 is 2.35. The Morgan fingerprint density at radius 3 is 2.67 bits per heavy atom. The number of thiophene rings is 1. The molecule has 0 unspecified atom stereocenters. The van der Waals surface area contributed by atoms with Crippen molar-refractivity contribution in [3.05, 3.63) is 66.7 Å². The normalized spacial score (nSPS) is 16.2. The third-order valence-corrected chi connectivity index (χ3v) is 5.43. The number of nitro groups is 1. The number of hydrogen-bond donors (Lipinski definition) is 0. The van der Waals surface area contributed by atoms with Crippen LogP contribution >= 0.6 is 23.1 Å². The van der Waals surface area contributed by atoms with Gasteiger partial charge >= 0.3 is 0 Å². The van der Waals surface area contributed by atoms with Crippen molar-refractivity contribution < 1.29 is 14.5 Å². The van der Waals surface area contributed by atoms with E-state index in [1.807, 2.05) is 18.4 Å². The third-order valence-electron chi connectivity index (χ3n) is 3.55. The fourth-order valence-electron chi connectivity index (χ4n) is 2.28. The number of carbonyl (C=O) groups is 2. The van der Waals surface area contributed by atoms with Crippen LogP contribution in [0, 0.1) is 17.0 Å². The number of aryl methyl sites for hydroxylation is 1. The van der Waals surface area contributed by atoms with Crippen LogP contribution in [-0.2, 0) is 11.3 Å². The molecule has 8 heteroatoms.